The van der Waals surface area contributed by atoms with E-state index in [-0.39, 0.29) is 12.7 Å². The number of allylic oxidation sites excluding steroid dienone is 1. The minimum Gasteiger partial charge on any atom is -0.493 e. The first kappa shape index (κ1) is 22.5. The zero-order valence-corrected chi connectivity index (χ0v) is 18.6. The Morgan fingerprint density at radius 1 is 1.16 bits per heavy atom. The Bertz CT molecular complexity index is 1020. The smallest absolute Gasteiger partial charge is 0.338 e. The number of hydrogen-bond acceptors (Lipinski definition) is 5. The highest BCUT2D eigenvalue weighted by atomic mass is 35.5. The zero-order chi connectivity index (χ0) is 22.5. The van der Waals surface area contributed by atoms with Gasteiger partial charge in [-0.25, -0.2) is 9.59 Å². The van der Waals surface area contributed by atoms with Crippen LogP contribution in [-0.4, -0.2) is 25.2 Å². The maximum absolute atomic E-state index is 12.8. The number of carbonyl (C=O) groups excluding carboxylic acids is 2. The minimum atomic E-state index is -0.781. The molecule has 0 radical (unpaired) electrons. The van der Waals surface area contributed by atoms with Gasteiger partial charge >= 0.3 is 12.0 Å². The van der Waals surface area contributed by atoms with E-state index in [0.717, 1.165) is 5.56 Å². The Morgan fingerprint density at radius 2 is 1.90 bits per heavy atom. The SMILES string of the molecule is COc1cccc(C2NC(=O)NC(C)=C2C(=O)OC(C)C)c1OCc1ccccc1Cl. The van der Waals surface area contributed by atoms with Crippen LogP contribution in [0.4, 0.5) is 4.79 Å². The molecule has 1 unspecified atom stereocenters. The van der Waals surface area contributed by atoms with E-state index in [1.807, 2.05) is 18.2 Å². The second-order valence-electron chi connectivity index (χ2n) is 7.28. The summed E-state index contributed by atoms with van der Waals surface area (Å²) >= 11 is 6.26. The summed E-state index contributed by atoms with van der Waals surface area (Å²) in [7, 11) is 1.53. The van der Waals surface area contributed by atoms with E-state index in [1.54, 1.807) is 45.0 Å². The van der Waals surface area contributed by atoms with Gasteiger partial charge in [-0.05, 0) is 32.9 Å². The van der Waals surface area contributed by atoms with Gasteiger partial charge in [-0.15, -0.1) is 0 Å². The van der Waals surface area contributed by atoms with Gasteiger partial charge in [0.25, 0.3) is 0 Å². The van der Waals surface area contributed by atoms with Crippen LogP contribution < -0.4 is 20.1 Å². The van der Waals surface area contributed by atoms with Gasteiger partial charge in [-0.2, -0.15) is 0 Å². The van der Waals surface area contributed by atoms with Gasteiger partial charge in [0.1, 0.15) is 6.61 Å². The zero-order valence-electron chi connectivity index (χ0n) is 17.8. The number of rotatable bonds is 7. The van der Waals surface area contributed by atoms with Crippen LogP contribution in [0.1, 0.15) is 37.9 Å². The highest BCUT2D eigenvalue weighted by Gasteiger charge is 2.35. The summed E-state index contributed by atoms with van der Waals surface area (Å²) < 4.78 is 17.0. The molecule has 1 heterocycles. The van der Waals surface area contributed by atoms with Crippen molar-refractivity contribution < 1.29 is 23.8 Å². The lowest BCUT2D eigenvalue weighted by Crippen LogP contribution is -2.45. The molecule has 0 aliphatic carbocycles. The lowest BCUT2D eigenvalue weighted by atomic mass is 9.94. The molecule has 7 nitrogen and oxygen atoms in total. The molecule has 3 rings (SSSR count). The van der Waals surface area contributed by atoms with Gasteiger partial charge in [0.05, 0.1) is 24.8 Å². The van der Waals surface area contributed by atoms with Crippen molar-refractivity contribution in [2.24, 2.45) is 0 Å². The van der Waals surface area contributed by atoms with Gasteiger partial charge in [-0.3, -0.25) is 0 Å². The number of amides is 2. The van der Waals surface area contributed by atoms with Crippen molar-refractivity contribution in [3.05, 3.63) is 69.9 Å². The fraction of sp³-hybridized carbons (Fsp3) is 0.304. The summed E-state index contributed by atoms with van der Waals surface area (Å²) in [5, 5.41) is 6.01. The molecule has 31 heavy (non-hydrogen) atoms. The number of esters is 1. The van der Waals surface area contributed by atoms with Crippen LogP contribution in [-0.2, 0) is 16.1 Å². The summed E-state index contributed by atoms with van der Waals surface area (Å²) in [6.07, 6.45) is -0.313. The predicted molar refractivity (Wildman–Crippen MR) is 117 cm³/mol. The third-order valence-corrected chi connectivity index (χ3v) is 5.07. The van der Waals surface area contributed by atoms with Crippen LogP contribution in [0.2, 0.25) is 5.02 Å². The summed E-state index contributed by atoms with van der Waals surface area (Å²) in [5.74, 6) is 0.344. The largest absolute Gasteiger partial charge is 0.493 e. The lowest BCUT2D eigenvalue weighted by Gasteiger charge is -2.30. The molecule has 0 fully saturated rings. The van der Waals surface area contributed by atoms with Crippen molar-refractivity contribution in [2.45, 2.75) is 39.5 Å². The summed E-state index contributed by atoms with van der Waals surface area (Å²) in [4.78, 5) is 25.1. The third-order valence-electron chi connectivity index (χ3n) is 4.70. The van der Waals surface area contributed by atoms with Crippen LogP contribution in [0.25, 0.3) is 0 Å². The van der Waals surface area contributed by atoms with Crippen LogP contribution >= 0.6 is 11.6 Å². The molecule has 8 heteroatoms. The average molecular weight is 445 g/mol. The molecular formula is C23H25ClN2O5. The molecule has 164 valence electrons. The molecule has 0 saturated heterocycles. The molecule has 2 aromatic rings. The van der Waals surface area contributed by atoms with Gasteiger partial charge < -0.3 is 24.8 Å². The fourth-order valence-electron chi connectivity index (χ4n) is 3.32. The number of methoxy groups -OCH3 is 1. The first-order valence-corrected chi connectivity index (χ1v) is 10.2. The molecule has 1 aliphatic heterocycles. The van der Waals surface area contributed by atoms with Crippen LogP contribution in [0.3, 0.4) is 0 Å². The quantitative estimate of drug-likeness (QED) is 0.614. The monoisotopic (exact) mass is 444 g/mol. The molecule has 2 N–H and O–H groups in total. The van der Waals surface area contributed by atoms with Crippen molar-refractivity contribution in [3.8, 4) is 11.5 Å². The van der Waals surface area contributed by atoms with E-state index in [2.05, 4.69) is 10.6 Å². The molecule has 1 aliphatic rings. The number of hydrogen-bond donors (Lipinski definition) is 2. The molecule has 2 aromatic carbocycles. The second-order valence-corrected chi connectivity index (χ2v) is 7.69. The Kier molecular flexibility index (Phi) is 7.07. The van der Waals surface area contributed by atoms with Gasteiger partial charge in [0, 0.05) is 21.8 Å². The number of para-hydroxylation sites is 1. The fourth-order valence-corrected chi connectivity index (χ4v) is 3.51. The van der Waals surface area contributed by atoms with Crippen LogP contribution in [0.5, 0.6) is 11.5 Å². The lowest BCUT2D eigenvalue weighted by molar-refractivity contribution is -0.143. The maximum Gasteiger partial charge on any atom is 0.338 e. The van der Waals surface area contributed by atoms with Crippen molar-refractivity contribution >= 4 is 23.6 Å². The van der Waals surface area contributed by atoms with Crippen molar-refractivity contribution in [2.75, 3.05) is 7.11 Å². The number of carbonyl (C=O) groups is 2. The van der Waals surface area contributed by atoms with E-state index in [0.29, 0.717) is 33.4 Å². The van der Waals surface area contributed by atoms with Crippen LogP contribution in [0.15, 0.2) is 53.7 Å². The highest BCUT2D eigenvalue weighted by molar-refractivity contribution is 6.31. The van der Waals surface area contributed by atoms with E-state index in [4.69, 9.17) is 25.8 Å². The highest BCUT2D eigenvalue weighted by Crippen LogP contribution is 2.40. The summed E-state index contributed by atoms with van der Waals surface area (Å²) in [6.45, 7) is 5.37. The molecule has 1 atom stereocenters. The number of nitrogens with one attached hydrogen (secondary N) is 2. The molecular weight excluding hydrogens is 420 g/mol. The van der Waals surface area contributed by atoms with Crippen molar-refractivity contribution in [1.82, 2.24) is 10.6 Å². The number of halogens is 1. The third kappa shape index (κ3) is 5.11. The predicted octanol–water partition coefficient (Wildman–Crippen LogP) is 4.51. The first-order valence-electron chi connectivity index (χ1n) is 9.84. The second kappa shape index (κ2) is 9.75. The topological polar surface area (TPSA) is 85.9 Å². The number of ether oxygens (including phenoxy) is 3. The van der Waals surface area contributed by atoms with E-state index >= 15 is 0 Å². The Balaban J connectivity index is 2.03. The standard InChI is InChI=1S/C23H25ClN2O5/c1-13(2)31-22(27)19-14(3)25-23(28)26-20(19)16-9-7-11-18(29-4)21(16)30-12-15-8-5-6-10-17(15)24/h5-11,13,20H,12H2,1-4H3,(H2,25,26,28). The van der Waals surface area contributed by atoms with Gasteiger partial charge in [-0.1, -0.05) is 41.9 Å². The maximum atomic E-state index is 12.8. The summed E-state index contributed by atoms with van der Waals surface area (Å²) in [6, 6.07) is 11.4. The molecule has 0 saturated carbocycles. The molecule has 0 spiro atoms. The van der Waals surface area contributed by atoms with Crippen molar-refractivity contribution in [3.63, 3.8) is 0 Å². The number of urea groups is 1. The number of benzene rings is 2. The van der Waals surface area contributed by atoms with Gasteiger partial charge in [0.2, 0.25) is 0 Å². The molecule has 2 amide bonds. The Hall–Kier alpha value is -3.19. The van der Waals surface area contributed by atoms with E-state index in [9.17, 15) is 9.59 Å². The normalized spacial score (nSPS) is 15.9. The minimum absolute atomic E-state index is 0.181. The van der Waals surface area contributed by atoms with E-state index < -0.39 is 18.0 Å². The molecule has 0 bridgehead atoms. The summed E-state index contributed by atoms with van der Waals surface area (Å²) in [5.41, 5.74) is 2.07. The van der Waals surface area contributed by atoms with E-state index in [1.165, 1.54) is 7.11 Å². The average Bonchev–Trinajstić information content (AvgIpc) is 2.71. The first-order chi connectivity index (χ1) is 14.8. The molecule has 0 aromatic heterocycles. The van der Waals surface area contributed by atoms with Crippen molar-refractivity contribution in [1.29, 1.82) is 0 Å². The Morgan fingerprint density at radius 3 is 2.58 bits per heavy atom. The van der Waals surface area contributed by atoms with Crippen LogP contribution in [0, 0.1) is 0 Å². The Labute approximate surface area is 186 Å². The van der Waals surface area contributed by atoms with Gasteiger partial charge in [0.15, 0.2) is 11.5 Å².